The van der Waals surface area contributed by atoms with E-state index in [1.807, 2.05) is 57.2 Å². The van der Waals surface area contributed by atoms with Crippen LogP contribution in [0.15, 0.2) is 49.1 Å². The predicted octanol–water partition coefficient (Wildman–Crippen LogP) is 4.43. The summed E-state index contributed by atoms with van der Waals surface area (Å²) >= 11 is 0. The molecule has 0 aliphatic heterocycles. The number of carbonyl (C=O) groups is 1. The van der Waals surface area contributed by atoms with Gasteiger partial charge in [0.2, 0.25) is 0 Å². The van der Waals surface area contributed by atoms with Crippen molar-refractivity contribution < 1.29 is 9.53 Å². The number of amides is 1. The van der Waals surface area contributed by atoms with Crippen LogP contribution < -0.4 is 10.1 Å². The topological polar surface area (TPSA) is 38.3 Å². The minimum atomic E-state index is -0.0969. The highest BCUT2D eigenvalue weighted by Gasteiger charge is 2.11. The lowest BCUT2D eigenvalue weighted by Gasteiger charge is -2.11. The first-order valence-corrected chi connectivity index (χ1v) is 7.24. The molecule has 0 atom stereocenters. The SMILES string of the molecule is C=CCOc1ccc(NC(=O)c2cc(C)c(C)cc2C)cc1. The molecule has 0 spiro atoms. The van der Waals surface area contributed by atoms with Crippen LogP contribution in [0.1, 0.15) is 27.0 Å². The molecule has 1 N–H and O–H groups in total. The molecule has 0 aromatic heterocycles. The van der Waals surface area contributed by atoms with Crippen molar-refractivity contribution in [3.8, 4) is 5.75 Å². The van der Waals surface area contributed by atoms with Gasteiger partial charge in [0.1, 0.15) is 12.4 Å². The summed E-state index contributed by atoms with van der Waals surface area (Å²) in [6, 6.07) is 11.3. The molecular formula is C19H21NO2. The van der Waals surface area contributed by atoms with Crippen LogP contribution in [0.3, 0.4) is 0 Å². The lowest BCUT2D eigenvalue weighted by atomic mass is 10.0. The van der Waals surface area contributed by atoms with Gasteiger partial charge in [0, 0.05) is 11.3 Å². The molecule has 0 aliphatic rings. The van der Waals surface area contributed by atoms with E-state index in [-0.39, 0.29) is 5.91 Å². The third-order valence-corrected chi connectivity index (χ3v) is 3.57. The standard InChI is InChI=1S/C19H21NO2/c1-5-10-22-17-8-6-16(7-9-17)20-19(21)18-12-14(3)13(2)11-15(18)4/h5-9,11-12H,1,10H2,2-4H3,(H,20,21). The van der Waals surface area contributed by atoms with E-state index in [9.17, 15) is 4.79 Å². The third-order valence-electron chi connectivity index (χ3n) is 3.57. The second-order valence-corrected chi connectivity index (χ2v) is 5.33. The lowest BCUT2D eigenvalue weighted by Crippen LogP contribution is -2.14. The molecule has 0 aliphatic carbocycles. The van der Waals surface area contributed by atoms with Crippen molar-refractivity contribution in [2.24, 2.45) is 0 Å². The predicted molar refractivity (Wildman–Crippen MR) is 90.7 cm³/mol. The highest BCUT2D eigenvalue weighted by molar-refractivity contribution is 6.05. The number of hydrogen-bond donors (Lipinski definition) is 1. The largest absolute Gasteiger partial charge is 0.490 e. The van der Waals surface area contributed by atoms with Crippen molar-refractivity contribution in [3.63, 3.8) is 0 Å². The van der Waals surface area contributed by atoms with Crippen LogP contribution in [0.2, 0.25) is 0 Å². The van der Waals surface area contributed by atoms with E-state index in [4.69, 9.17) is 4.74 Å². The van der Waals surface area contributed by atoms with Crippen molar-refractivity contribution in [2.45, 2.75) is 20.8 Å². The Morgan fingerprint density at radius 2 is 1.73 bits per heavy atom. The van der Waals surface area contributed by atoms with Crippen LogP contribution >= 0.6 is 0 Å². The molecule has 3 nitrogen and oxygen atoms in total. The minimum absolute atomic E-state index is 0.0969. The van der Waals surface area contributed by atoms with Gasteiger partial charge in [-0.15, -0.1) is 0 Å². The maximum Gasteiger partial charge on any atom is 0.255 e. The Balaban J connectivity index is 2.12. The highest BCUT2D eigenvalue weighted by Crippen LogP contribution is 2.19. The normalized spacial score (nSPS) is 10.1. The summed E-state index contributed by atoms with van der Waals surface area (Å²) in [6.45, 7) is 10.1. The van der Waals surface area contributed by atoms with E-state index in [2.05, 4.69) is 11.9 Å². The first-order chi connectivity index (χ1) is 10.5. The number of ether oxygens (including phenoxy) is 1. The Labute approximate surface area is 131 Å². The number of anilines is 1. The van der Waals surface area contributed by atoms with E-state index < -0.39 is 0 Å². The number of rotatable bonds is 5. The van der Waals surface area contributed by atoms with Crippen LogP contribution in [0, 0.1) is 20.8 Å². The van der Waals surface area contributed by atoms with E-state index in [0.717, 1.165) is 22.6 Å². The van der Waals surface area contributed by atoms with Crippen LogP contribution in [0.5, 0.6) is 5.75 Å². The van der Waals surface area contributed by atoms with E-state index in [1.54, 1.807) is 6.08 Å². The monoisotopic (exact) mass is 295 g/mol. The summed E-state index contributed by atoms with van der Waals surface area (Å²) in [4.78, 5) is 12.4. The summed E-state index contributed by atoms with van der Waals surface area (Å²) in [7, 11) is 0. The molecule has 0 radical (unpaired) electrons. The van der Waals surface area contributed by atoms with Crippen molar-refractivity contribution >= 4 is 11.6 Å². The average molecular weight is 295 g/mol. The molecule has 1 amide bonds. The van der Waals surface area contributed by atoms with Gasteiger partial charge in [-0.3, -0.25) is 4.79 Å². The third kappa shape index (κ3) is 3.76. The first kappa shape index (κ1) is 15.8. The lowest BCUT2D eigenvalue weighted by molar-refractivity contribution is 0.102. The molecule has 0 heterocycles. The second kappa shape index (κ2) is 6.94. The molecule has 2 aromatic carbocycles. The number of carbonyl (C=O) groups excluding carboxylic acids is 1. The van der Waals surface area contributed by atoms with Crippen molar-refractivity contribution in [3.05, 3.63) is 71.3 Å². The van der Waals surface area contributed by atoms with Gasteiger partial charge in [-0.05, 0) is 67.8 Å². The molecule has 0 saturated carbocycles. The van der Waals surface area contributed by atoms with Crippen molar-refractivity contribution in [1.29, 1.82) is 0 Å². The van der Waals surface area contributed by atoms with E-state index in [0.29, 0.717) is 12.2 Å². The molecule has 2 rings (SSSR count). The van der Waals surface area contributed by atoms with Gasteiger partial charge in [0.15, 0.2) is 0 Å². The molecule has 114 valence electrons. The molecule has 0 saturated heterocycles. The zero-order valence-corrected chi connectivity index (χ0v) is 13.3. The fraction of sp³-hybridized carbons (Fsp3) is 0.211. The Morgan fingerprint density at radius 1 is 1.09 bits per heavy atom. The van der Waals surface area contributed by atoms with Crippen LogP contribution in [-0.2, 0) is 0 Å². The summed E-state index contributed by atoms with van der Waals surface area (Å²) in [5.41, 5.74) is 4.73. The maximum absolute atomic E-state index is 12.4. The minimum Gasteiger partial charge on any atom is -0.490 e. The zero-order valence-electron chi connectivity index (χ0n) is 13.3. The Hall–Kier alpha value is -2.55. The number of nitrogens with one attached hydrogen (secondary N) is 1. The average Bonchev–Trinajstić information content (AvgIpc) is 2.50. The molecule has 0 fully saturated rings. The van der Waals surface area contributed by atoms with Crippen LogP contribution in [0.4, 0.5) is 5.69 Å². The Morgan fingerprint density at radius 3 is 2.36 bits per heavy atom. The maximum atomic E-state index is 12.4. The highest BCUT2D eigenvalue weighted by atomic mass is 16.5. The van der Waals surface area contributed by atoms with Crippen LogP contribution in [0.25, 0.3) is 0 Å². The summed E-state index contributed by atoms with van der Waals surface area (Å²) < 4.78 is 5.42. The second-order valence-electron chi connectivity index (χ2n) is 5.33. The Bertz CT molecular complexity index is 687. The molecule has 3 heteroatoms. The smallest absolute Gasteiger partial charge is 0.255 e. The molecule has 0 unspecified atom stereocenters. The Kier molecular flexibility index (Phi) is 4.99. The van der Waals surface area contributed by atoms with Gasteiger partial charge in [-0.2, -0.15) is 0 Å². The first-order valence-electron chi connectivity index (χ1n) is 7.24. The fourth-order valence-electron chi connectivity index (χ4n) is 2.19. The quantitative estimate of drug-likeness (QED) is 0.829. The molecule has 2 aromatic rings. The van der Waals surface area contributed by atoms with Gasteiger partial charge in [-0.25, -0.2) is 0 Å². The summed E-state index contributed by atoms with van der Waals surface area (Å²) in [6.07, 6.45) is 1.69. The van der Waals surface area contributed by atoms with E-state index >= 15 is 0 Å². The molecular weight excluding hydrogens is 274 g/mol. The van der Waals surface area contributed by atoms with Crippen molar-refractivity contribution in [2.75, 3.05) is 11.9 Å². The van der Waals surface area contributed by atoms with E-state index in [1.165, 1.54) is 5.56 Å². The van der Waals surface area contributed by atoms with Gasteiger partial charge < -0.3 is 10.1 Å². The number of aryl methyl sites for hydroxylation is 3. The van der Waals surface area contributed by atoms with Gasteiger partial charge in [0.05, 0.1) is 0 Å². The van der Waals surface area contributed by atoms with Gasteiger partial charge >= 0.3 is 0 Å². The summed E-state index contributed by atoms with van der Waals surface area (Å²) in [5.74, 6) is 0.653. The molecule has 0 bridgehead atoms. The fourth-order valence-corrected chi connectivity index (χ4v) is 2.19. The number of benzene rings is 2. The number of hydrogen-bond acceptors (Lipinski definition) is 2. The molecule has 22 heavy (non-hydrogen) atoms. The summed E-state index contributed by atoms with van der Waals surface area (Å²) in [5, 5.41) is 2.91. The van der Waals surface area contributed by atoms with Crippen LogP contribution in [-0.4, -0.2) is 12.5 Å². The zero-order chi connectivity index (χ0) is 16.1. The van der Waals surface area contributed by atoms with Gasteiger partial charge in [-0.1, -0.05) is 18.7 Å². The van der Waals surface area contributed by atoms with Crippen molar-refractivity contribution in [1.82, 2.24) is 0 Å². The van der Waals surface area contributed by atoms with Gasteiger partial charge in [0.25, 0.3) is 5.91 Å².